The molecule has 156 valence electrons. The van der Waals surface area contributed by atoms with Gasteiger partial charge in [-0.3, -0.25) is 9.59 Å². The van der Waals surface area contributed by atoms with Crippen molar-refractivity contribution in [2.24, 2.45) is 0 Å². The number of aromatic amines is 1. The van der Waals surface area contributed by atoms with Crippen LogP contribution in [0, 0.1) is 20.8 Å². The van der Waals surface area contributed by atoms with Crippen LogP contribution in [0.5, 0.6) is 0 Å². The second kappa shape index (κ2) is 8.40. The van der Waals surface area contributed by atoms with E-state index in [-0.39, 0.29) is 18.0 Å². The van der Waals surface area contributed by atoms with Gasteiger partial charge >= 0.3 is 0 Å². The van der Waals surface area contributed by atoms with Gasteiger partial charge in [-0.2, -0.15) is 0 Å². The van der Waals surface area contributed by atoms with Gasteiger partial charge in [0.2, 0.25) is 0 Å². The second-order valence-electron chi connectivity index (χ2n) is 7.88. The van der Waals surface area contributed by atoms with Crippen LogP contribution < -0.4 is 10.5 Å². The maximum atomic E-state index is 13.6. The van der Waals surface area contributed by atoms with Crippen LogP contribution in [0.2, 0.25) is 5.02 Å². The van der Waals surface area contributed by atoms with E-state index < -0.39 is 0 Å². The van der Waals surface area contributed by atoms with E-state index in [2.05, 4.69) is 4.98 Å². The van der Waals surface area contributed by atoms with Gasteiger partial charge in [-0.25, -0.2) is 0 Å². The summed E-state index contributed by atoms with van der Waals surface area (Å²) in [7, 11) is 0. The quantitative estimate of drug-likeness (QED) is 0.434. The molecule has 0 fully saturated rings. The van der Waals surface area contributed by atoms with Gasteiger partial charge in [0.05, 0.1) is 17.1 Å². The van der Waals surface area contributed by atoms with Gasteiger partial charge in [-0.15, -0.1) is 0 Å². The van der Waals surface area contributed by atoms with Gasteiger partial charge in [-0.1, -0.05) is 48.0 Å². The van der Waals surface area contributed by atoms with Crippen LogP contribution in [0.25, 0.3) is 10.9 Å². The highest BCUT2D eigenvalue weighted by Gasteiger charge is 2.23. The first-order valence-electron chi connectivity index (χ1n) is 10.1. The van der Waals surface area contributed by atoms with Crippen molar-refractivity contribution < 1.29 is 4.79 Å². The molecule has 0 saturated carbocycles. The summed E-state index contributed by atoms with van der Waals surface area (Å²) in [5.74, 6) is -0.247. The van der Waals surface area contributed by atoms with Gasteiger partial charge in [0.1, 0.15) is 0 Å². The maximum absolute atomic E-state index is 13.6. The molecule has 4 nitrogen and oxygen atoms in total. The predicted octanol–water partition coefficient (Wildman–Crippen LogP) is 5.95. The van der Waals surface area contributed by atoms with Crippen LogP contribution in [0.15, 0.2) is 71.5 Å². The number of nitrogens with zero attached hydrogens (tertiary/aromatic N) is 1. The Morgan fingerprint density at radius 3 is 2.42 bits per heavy atom. The fourth-order valence-corrected chi connectivity index (χ4v) is 3.92. The Balaban J connectivity index is 1.84. The third-order valence-corrected chi connectivity index (χ3v) is 5.74. The molecule has 1 N–H and O–H groups in total. The monoisotopic (exact) mass is 430 g/mol. The number of aromatic nitrogens is 1. The Bertz CT molecular complexity index is 1360. The summed E-state index contributed by atoms with van der Waals surface area (Å²) in [4.78, 5) is 31.0. The standard InChI is InChI=1S/C26H23ClN2O2/c1-16-9-11-19-14-20(25(30)28-23(19)12-16)15-29(24-13-17(2)8-10-18(24)3)26(31)21-6-4-5-7-22(21)27/h4-14H,15H2,1-3H3,(H,28,30). The zero-order chi connectivity index (χ0) is 22.1. The summed E-state index contributed by atoms with van der Waals surface area (Å²) in [5, 5.41) is 1.30. The molecule has 1 aromatic heterocycles. The molecule has 4 rings (SSSR count). The number of nitrogens with one attached hydrogen (secondary N) is 1. The van der Waals surface area contributed by atoms with Gasteiger partial charge < -0.3 is 9.88 Å². The van der Waals surface area contributed by atoms with Crippen molar-refractivity contribution in [1.82, 2.24) is 4.98 Å². The zero-order valence-corrected chi connectivity index (χ0v) is 18.5. The smallest absolute Gasteiger partial charge is 0.260 e. The third-order valence-electron chi connectivity index (χ3n) is 5.41. The van der Waals surface area contributed by atoms with Crippen molar-refractivity contribution in [1.29, 1.82) is 0 Å². The van der Waals surface area contributed by atoms with E-state index in [1.54, 1.807) is 29.2 Å². The number of H-pyrrole nitrogens is 1. The average molecular weight is 431 g/mol. The minimum Gasteiger partial charge on any atom is -0.322 e. The van der Waals surface area contributed by atoms with E-state index in [1.807, 2.05) is 63.2 Å². The van der Waals surface area contributed by atoms with E-state index in [0.29, 0.717) is 16.1 Å². The molecule has 5 heteroatoms. The first kappa shape index (κ1) is 20.9. The molecule has 0 aliphatic carbocycles. The van der Waals surface area contributed by atoms with Crippen molar-refractivity contribution in [3.05, 3.63) is 110 Å². The van der Waals surface area contributed by atoms with Gasteiger partial charge in [0.25, 0.3) is 11.5 Å². The highest BCUT2D eigenvalue weighted by atomic mass is 35.5. The van der Waals surface area contributed by atoms with E-state index in [9.17, 15) is 9.59 Å². The van der Waals surface area contributed by atoms with Crippen molar-refractivity contribution >= 4 is 34.1 Å². The van der Waals surface area contributed by atoms with E-state index >= 15 is 0 Å². The molecule has 0 spiro atoms. The molecule has 0 aliphatic rings. The van der Waals surface area contributed by atoms with Crippen LogP contribution in [-0.4, -0.2) is 10.9 Å². The Hall–Kier alpha value is -3.37. The van der Waals surface area contributed by atoms with Gasteiger partial charge in [0.15, 0.2) is 0 Å². The van der Waals surface area contributed by atoms with Crippen molar-refractivity contribution in [3.8, 4) is 0 Å². The SMILES string of the molecule is Cc1ccc(C)c(N(Cc2cc3ccc(C)cc3[nH]c2=O)C(=O)c2ccccc2Cl)c1. The summed E-state index contributed by atoms with van der Waals surface area (Å²) in [5.41, 5.74) is 5.29. The summed E-state index contributed by atoms with van der Waals surface area (Å²) in [6, 6.07) is 20.7. The zero-order valence-electron chi connectivity index (χ0n) is 17.7. The van der Waals surface area contributed by atoms with Gasteiger partial charge in [0, 0.05) is 16.8 Å². The molecule has 0 unspecified atom stereocenters. The average Bonchev–Trinajstić information content (AvgIpc) is 2.74. The number of hydrogen-bond donors (Lipinski definition) is 1. The molecule has 0 saturated heterocycles. The molecule has 1 heterocycles. The number of halogens is 1. The molecule has 4 aromatic rings. The fraction of sp³-hybridized carbons (Fsp3) is 0.154. The number of rotatable bonds is 4. The molecule has 0 bridgehead atoms. The number of anilines is 1. The predicted molar refractivity (Wildman–Crippen MR) is 127 cm³/mol. The topological polar surface area (TPSA) is 53.2 Å². The van der Waals surface area contributed by atoms with Crippen LogP contribution in [-0.2, 0) is 6.54 Å². The van der Waals surface area contributed by atoms with Crippen molar-refractivity contribution in [3.63, 3.8) is 0 Å². The van der Waals surface area contributed by atoms with Crippen LogP contribution in [0.1, 0.15) is 32.6 Å². The maximum Gasteiger partial charge on any atom is 0.260 e. The van der Waals surface area contributed by atoms with E-state index in [0.717, 1.165) is 33.3 Å². The molecule has 1 amide bonds. The lowest BCUT2D eigenvalue weighted by molar-refractivity contribution is 0.0985. The lowest BCUT2D eigenvalue weighted by Gasteiger charge is -2.25. The number of carbonyl (C=O) groups excluding carboxylic acids is 1. The normalized spacial score (nSPS) is 11.0. The summed E-state index contributed by atoms with van der Waals surface area (Å²) in [6.45, 7) is 6.05. The Kier molecular flexibility index (Phi) is 5.66. The first-order valence-corrected chi connectivity index (χ1v) is 10.5. The fourth-order valence-electron chi connectivity index (χ4n) is 3.70. The Morgan fingerprint density at radius 1 is 0.935 bits per heavy atom. The second-order valence-corrected chi connectivity index (χ2v) is 8.28. The molecule has 0 radical (unpaired) electrons. The Morgan fingerprint density at radius 2 is 1.65 bits per heavy atom. The number of fused-ring (bicyclic) bond motifs is 1. The third kappa shape index (κ3) is 4.25. The molecule has 0 aliphatic heterocycles. The number of amides is 1. The number of aryl methyl sites for hydroxylation is 3. The number of benzene rings is 3. The van der Waals surface area contributed by atoms with Crippen LogP contribution in [0.3, 0.4) is 0 Å². The summed E-state index contributed by atoms with van der Waals surface area (Å²) >= 11 is 6.33. The highest BCUT2D eigenvalue weighted by Crippen LogP contribution is 2.27. The van der Waals surface area contributed by atoms with Crippen molar-refractivity contribution in [2.75, 3.05) is 4.90 Å². The summed E-state index contributed by atoms with van der Waals surface area (Å²) < 4.78 is 0. The van der Waals surface area contributed by atoms with E-state index in [1.165, 1.54) is 0 Å². The highest BCUT2D eigenvalue weighted by molar-refractivity contribution is 6.34. The minimum atomic E-state index is -0.247. The lowest BCUT2D eigenvalue weighted by atomic mass is 10.1. The molecular formula is C26H23ClN2O2. The van der Waals surface area contributed by atoms with Crippen LogP contribution >= 0.6 is 11.6 Å². The van der Waals surface area contributed by atoms with Gasteiger partial charge in [-0.05, 0) is 73.2 Å². The molecule has 3 aromatic carbocycles. The minimum absolute atomic E-state index is 0.132. The lowest BCUT2D eigenvalue weighted by Crippen LogP contribution is -2.33. The van der Waals surface area contributed by atoms with Crippen molar-refractivity contribution in [2.45, 2.75) is 27.3 Å². The van der Waals surface area contributed by atoms with E-state index in [4.69, 9.17) is 11.6 Å². The molecule has 31 heavy (non-hydrogen) atoms. The number of hydrogen-bond acceptors (Lipinski definition) is 2. The number of carbonyl (C=O) groups is 1. The first-order chi connectivity index (χ1) is 14.8. The largest absolute Gasteiger partial charge is 0.322 e. The van der Waals surface area contributed by atoms with Crippen LogP contribution in [0.4, 0.5) is 5.69 Å². The summed E-state index contributed by atoms with van der Waals surface area (Å²) in [6.07, 6.45) is 0. The Labute approximate surface area is 186 Å². The molecule has 0 atom stereocenters. The number of pyridine rings is 1. The molecular weight excluding hydrogens is 408 g/mol.